The zero-order valence-electron chi connectivity index (χ0n) is 10.5. The number of carbonyl (C=O) groups excluding carboxylic acids is 1. The highest BCUT2D eigenvalue weighted by Crippen LogP contribution is 2.30. The third kappa shape index (κ3) is 3.91. The number of hydrogen-bond acceptors (Lipinski definition) is 1. The number of ketones is 1. The predicted molar refractivity (Wildman–Crippen MR) is 73.6 cm³/mol. The van der Waals surface area contributed by atoms with Gasteiger partial charge < -0.3 is 0 Å². The van der Waals surface area contributed by atoms with E-state index in [-0.39, 0.29) is 27.8 Å². The fourth-order valence-corrected chi connectivity index (χ4v) is 2.43. The molecule has 0 atom stereocenters. The lowest BCUT2D eigenvalue weighted by atomic mass is 10.0. The molecule has 2 rings (SSSR count). The normalized spacial score (nSPS) is 11.5. The van der Waals surface area contributed by atoms with E-state index in [1.54, 1.807) is 0 Å². The van der Waals surface area contributed by atoms with Gasteiger partial charge in [0.25, 0.3) is 0 Å². The summed E-state index contributed by atoms with van der Waals surface area (Å²) in [5.41, 5.74) is -0.314. The minimum Gasteiger partial charge on any atom is -0.294 e. The molecule has 2 aromatic carbocycles. The van der Waals surface area contributed by atoms with Gasteiger partial charge in [-0.15, -0.1) is 0 Å². The number of carbonyl (C=O) groups is 1. The Morgan fingerprint density at radius 1 is 1.10 bits per heavy atom. The van der Waals surface area contributed by atoms with Gasteiger partial charge in [0.15, 0.2) is 5.78 Å². The second kappa shape index (κ2) is 5.97. The van der Waals surface area contributed by atoms with Crippen molar-refractivity contribution in [3.8, 4) is 0 Å². The van der Waals surface area contributed by atoms with Gasteiger partial charge in [-0.2, -0.15) is 13.2 Å². The van der Waals surface area contributed by atoms with Crippen molar-refractivity contribution in [3.05, 3.63) is 69.4 Å². The maximum absolute atomic E-state index is 13.0. The molecule has 0 aliphatic carbocycles. The van der Waals surface area contributed by atoms with Crippen molar-refractivity contribution in [2.45, 2.75) is 12.6 Å². The molecule has 0 heterocycles. The van der Waals surface area contributed by atoms with Crippen molar-refractivity contribution in [1.29, 1.82) is 0 Å². The lowest BCUT2D eigenvalue weighted by molar-refractivity contribution is -0.137. The number of Topliss-reactive ketones (excluding diaryl/α,β-unsaturated/α-hetero) is 1. The molecule has 0 N–H and O–H groups in total. The molecule has 0 saturated carbocycles. The summed E-state index contributed by atoms with van der Waals surface area (Å²) in [7, 11) is 0. The lowest BCUT2D eigenvalue weighted by Gasteiger charge is -2.09. The third-order valence-electron chi connectivity index (χ3n) is 2.85. The van der Waals surface area contributed by atoms with Crippen molar-refractivity contribution < 1.29 is 22.4 Å². The molecular formula is C15H9BrF4O. The Kier molecular flexibility index (Phi) is 4.46. The van der Waals surface area contributed by atoms with Crippen LogP contribution in [0, 0.1) is 5.82 Å². The quantitative estimate of drug-likeness (QED) is 0.554. The first-order chi connectivity index (χ1) is 9.77. The van der Waals surface area contributed by atoms with E-state index in [0.29, 0.717) is 0 Å². The van der Waals surface area contributed by atoms with Crippen LogP contribution in [0.4, 0.5) is 17.6 Å². The molecule has 21 heavy (non-hydrogen) atoms. The topological polar surface area (TPSA) is 17.1 Å². The van der Waals surface area contributed by atoms with Crippen LogP contribution >= 0.6 is 15.9 Å². The molecule has 0 aliphatic rings. The van der Waals surface area contributed by atoms with Gasteiger partial charge in [0.2, 0.25) is 0 Å². The summed E-state index contributed by atoms with van der Waals surface area (Å²) in [4.78, 5) is 12.1. The number of rotatable bonds is 3. The molecule has 1 nitrogen and oxygen atoms in total. The molecule has 0 bridgehead atoms. The fraction of sp³-hybridized carbons (Fsp3) is 0.133. The zero-order chi connectivity index (χ0) is 15.6. The molecule has 6 heteroatoms. The number of hydrogen-bond donors (Lipinski definition) is 0. The maximum Gasteiger partial charge on any atom is 0.416 e. The van der Waals surface area contributed by atoms with Gasteiger partial charge in [-0.1, -0.05) is 18.2 Å². The van der Waals surface area contributed by atoms with Crippen LogP contribution in [0.3, 0.4) is 0 Å². The average molecular weight is 361 g/mol. The van der Waals surface area contributed by atoms with Crippen LogP contribution in [-0.2, 0) is 12.6 Å². The van der Waals surface area contributed by atoms with Crippen LogP contribution in [0.15, 0.2) is 46.9 Å². The minimum atomic E-state index is -4.45. The predicted octanol–water partition coefficient (Wildman–Crippen LogP) is 5.03. The maximum atomic E-state index is 13.0. The van der Waals surface area contributed by atoms with E-state index in [1.165, 1.54) is 18.2 Å². The summed E-state index contributed by atoms with van der Waals surface area (Å²) >= 11 is 3.07. The molecule has 0 aromatic heterocycles. The SMILES string of the molecule is O=C(Cc1cccc(C(F)(F)F)c1)c1ccc(F)cc1Br. The van der Waals surface area contributed by atoms with Gasteiger partial charge in [-0.25, -0.2) is 4.39 Å². The summed E-state index contributed by atoms with van der Waals surface area (Å²) in [6.45, 7) is 0. The monoisotopic (exact) mass is 360 g/mol. The molecule has 0 unspecified atom stereocenters. The Morgan fingerprint density at radius 2 is 1.81 bits per heavy atom. The first-order valence-corrected chi connectivity index (χ1v) is 6.71. The van der Waals surface area contributed by atoms with E-state index in [2.05, 4.69) is 15.9 Å². The highest BCUT2D eigenvalue weighted by Gasteiger charge is 2.30. The van der Waals surface area contributed by atoms with Crippen LogP contribution in [0.5, 0.6) is 0 Å². The smallest absolute Gasteiger partial charge is 0.294 e. The van der Waals surface area contributed by atoms with Gasteiger partial charge in [0.05, 0.1) is 5.56 Å². The van der Waals surface area contributed by atoms with Gasteiger partial charge in [0.1, 0.15) is 5.82 Å². The van der Waals surface area contributed by atoms with E-state index in [4.69, 9.17) is 0 Å². The van der Waals surface area contributed by atoms with Crippen molar-refractivity contribution >= 4 is 21.7 Å². The molecule has 110 valence electrons. The summed E-state index contributed by atoms with van der Waals surface area (Å²) in [5.74, 6) is -0.890. The second-order valence-corrected chi connectivity index (χ2v) is 5.28. The standard InChI is InChI=1S/C15H9BrF4O/c16-13-8-11(17)4-5-12(13)14(21)7-9-2-1-3-10(6-9)15(18,19)20/h1-6,8H,7H2. The molecule has 0 saturated heterocycles. The number of benzene rings is 2. The Balaban J connectivity index is 2.24. The fourth-order valence-electron chi connectivity index (χ4n) is 1.85. The number of halogens is 5. The molecule has 0 radical (unpaired) electrons. The third-order valence-corrected chi connectivity index (χ3v) is 3.51. The van der Waals surface area contributed by atoms with Crippen LogP contribution in [-0.4, -0.2) is 5.78 Å². The summed E-state index contributed by atoms with van der Waals surface area (Å²) < 4.78 is 51.0. The van der Waals surface area contributed by atoms with Crippen molar-refractivity contribution in [1.82, 2.24) is 0 Å². The van der Waals surface area contributed by atoms with Crippen LogP contribution in [0.25, 0.3) is 0 Å². The highest BCUT2D eigenvalue weighted by molar-refractivity contribution is 9.10. The number of alkyl halides is 3. The van der Waals surface area contributed by atoms with Crippen LogP contribution < -0.4 is 0 Å². The first-order valence-electron chi connectivity index (χ1n) is 5.92. The van der Waals surface area contributed by atoms with E-state index < -0.39 is 17.6 Å². The Bertz CT molecular complexity index is 680. The molecule has 0 amide bonds. The van der Waals surface area contributed by atoms with E-state index in [1.807, 2.05) is 0 Å². The Hall–Kier alpha value is -1.69. The molecule has 0 aliphatic heterocycles. The van der Waals surface area contributed by atoms with E-state index in [0.717, 1.165) is 24.3 Å². The van der Waals surface area contributed by atoms with Crippen molar-refractivity contribution in [3.63, 3.8) is 0 Å². The van der Waals surface area contributed by atoms with Crippen molar-refractivity contribution in [2.24, 2.45) is 0 Å². The molecule has 2 aromatic rings. The van der Waals surface area contributed by atoms with Gasteiger partial charge in [-0.3, -0.25) is 4.79 Å². The van der Waals surface area contributed by atoms with E-state index >= 15 is 0 Å². The first kappa shape index (κ1) is 15.7. The van der Waals surface area contributed by atoms with Crippen LogP contribution in [0.2, 0.25) is 0 Å². The highest BCUT2D eigenvalue weighted by atomic mass is 79.9. The summed E-state index contributed by atoms with van der Waals surface area (Å²) in [6.07, 6.45) is -4.64. The zero-order valence-corrected chi connectivity index (χ0v) is 12.1. The second-order valence-electron chi connectivity index (χ2n) is 4.42. The summed E-state index contributed by atoms with van der Waals surface area (Å²) in [6, 6.07) is 8.16. The molecule has 0 fully saturated rings. The lowest BCUT2D eigenvalue weighted by Crippen LogP contribution is -2.08. The Labute approximate surface area is 126 Å². The van der Waals surface area contributed by atoms with Crippen molar-refractivity contribution in [2.75, 3.05) is 0 Å². The van der Waals surface area contributed by atoms with Gasteiger partial charge >= 0.3 is 6.18 Å². The summed E-state index contributed by atoms with van der Waals surface area (Å²) in [5, 5.41) is 0. The minimum absolute atomic E-state index is 0.186. The average Bonchev–Trinajstić information content (AvgIpc) is 2.37. The molecule has 0 spiro atoms. The van der Waals surface area contributed by atoms with Crippen LogP contribution in [0.1, 0.15) is 21.5 Å². The largest absolute Gasteiger partial charge is 0.416 e. The van der Waals surface area contributed by atoms with Gasteiger partial charge in [0, 0.05) is 16.5 Å². The molecular weight excluding hydrogens is 352 g/mol. The van der Waals surface area contributed by atoms with Gasteiger partial charge in [-0.05, 0) is 45.8 Å². The van der Waals surface area contributed by atoms with E-state index in [9.17, 15) is 22.4 Å². The Morgan fingerprint density at radius 3 is 2.43 bits per heavy atom.